The highest BCUT2D eigenvalue weighted by atomic mass is 35.5. The van der Waals surface area contributed by atoms with Crippen LogP contribution in [0.5, 0.6) is 0 Å². The smallest absolute Gasteiger partial charge is 0.306 e. The van der Waals surface area contributed by atoms with E-state index >= 15 is 0 Å². The largest absolute Gasteiger partial charge is 0.481 e. The Morgan fingerprint density at radius 1 is 1.33 bits per heavy atom. The zero-order valence-electron chi connectivity index (χ0n) is 8.74. The summed E-state index contributed by atoms with van der Waals surface area (Å²) < 4.78 is 0. The lowest BCUT2D eigenvalue weighted by Gasteiger charge is -2.06. The number of carboxylic acids is 1. The Labute approximate surface area is 94.9 Å². The molecule has 0 aliphatic heterocycles. The van der Waals surface area contributed by atoms with E-state index in [0.717, 1.165) is 17.5 Å². The van der Waals surface area contributed by atoms with Crippen LogP contribution in [0, 0.1) is 5.92 Å². The molecule has 82 valence electrons. The maximum Gasteiger partial charge on any atom is 0.306 e. The number of hydrogen-bond donors (Lipinski definition) is 1. The van der Waals surface area contributed by atoms with E-state index in [4.69, 9.17) is 16.7 Å². The molecule has 2 nitrogen and oxygen atoms in total. The van der Waals surface area contributed by atoms with Gasteiger partial charge in [-0.2, -0.15) is 0 Å². The average Bonchev–Trinajstić information content (AvgIpc) is 2.26. The Morgan fingerprint density at radius 2 is 1.87 bits per heavy atom. The topological polar surface area (TPSA) is 37.3 Å². The van der Waals surface area contributed by atoms with Crippen molar-refractivity contribution >= 4 is 17.6 Å². The van der Waals surface area contributed by atoms with Crippen molar-refractivity contribution in [1.29, 1.82) is 0 Å². The Bertz CT molecular complexity index is 319. The van der Waals surface area contributed by atoms with Crippen molar-refractivity contribution in [2.24, 2.45) is 5.92 Å². The van der Waals surface area contributed by atoms with E-state index in [0.29, 0.717) is 12.3 Å². The summed E-state index contributed by atoms with van der Waals surface area (Å²) >= 11 is 5.67. The third-order valence-corrected chi connectivity index (χ3v) is 2.77. The molecular weight excluding hydrogens is 212 g/mol. The molecule has 3 heteroatoms. The minimum atomic E-state index is -0.729. The lowest BCUT2D eigenvalue weighted by Crippen LogP contribution is -2.10. The van der Waals surface area contributed by atoms with Crippen LogP contribution < -0.4 is 0 Å². The summed E-state index contributed by atoms with van der Waals surface area (Å²) in [6.07, 6.45) is 1.48. The van der Waals surface area contributed by atoms with Gasteiger partial charge in [0.1, 0.15) is 0 Å². The van der Waals surface area contributed by atoms with Crippen molar-refractivity contribution in [2.75, 3.05) is 0 Å². The highest BCUT2D eigenvalue weighted by Gasteiger charge is 2.10. The van der Waals surface area contributed by atoms with Crippen LogP contribution in [0.25, 0.3) is 0 Å². The summed E-state index contributed by atoms with van der Waals surface area (Å²) in [5, 5.41) is 8.72. The molecule has 0 saturated heterocycles. The van der Waals surface area contributed by atoms with Crippen molar-refractivity contribution in [3.05, 3.63) is 35.4 Å². The van der Waals surface area contributed by atoms with Gasteiger partial charge in [0.2, 0.25) is 0 Å². The minimum absolute atomic E-state index is 0.280. The Balaban J connectivity index is 2.47. The maximum absolute atomic E-state index is 10.6. The standard InChI is InChI=1S/C12H15ClO2/c1-9(12(14)15)2-3-10-4-6-11(8-13)7-5-10/h4-7,9H,2-3,8H2,1H3,(H,14,15). The van der Waals surface area contributed by atoms with Crippen molar-refractivity contribution in [1.82, 2.24) is 0 Å². The van der Waals surface area contributed by atoms with Gasteiger partial charge < -0.3 is 5.11 Å². The predicted molar refractivity (Wildman–Crippen MR) is 61.1 cm³/mol. The van der Waals surface area contributed by atoms with Crippen LogP contribution in [0.4, 0.5) is 0 Å². The maximum atomic E-state index is 10.6. The quantitative estimate of drug-likeness (QED) is 0.784. The van der Waals surface area contributed by atoms with Gasteiger partial charge >= 0.3 is 5.97 Å². The molecule has 1 aromatic carbocycles. The number of halogens is 1. The first-order chi connectivity index (χ1) is 7.13. The number of hydrogen-bond acceptors (Lipinski definition) is 1. The molecule has 1 rings (SSSR count). The summed E-state index contributed by atoms with van der Waals surface area (Å²) in [6.45, 7) is 1.73. The molecule has 15 heavy (non-hydrogen) atoms. The fourth-order valence-electron chi connectivity index (χ4n) is 1.30. The Morgan fingerprint density at radius 3 is 2.33 bits per heavy atom. The monoisotopic (exact) mass is 226 g/mol. The van der Waals surface area contributed by atoms with Crippen LogP contribution in [-0.4, -0.2) is 11.1 Å². The van der Waals surface area contributed by atoms with E-state index in [-0.39, 0.29) is 5.92 Å². The molecular formula is C12H15ClO2. The van der Waals surface area contributed by atoms with Gasteiger partial charge in [-0.1, -0.05) is 31.2 Å². The van der Waals surface area contributed by atoms with E-state index in [9.17, 15) is 4.79 Å². The van der Waals surface area contributed by atoms with Crippen molar-refractivity contribution in [3.63, 3.8) is 0 Å². The van der Waals surface area contributed by atoms with Crippen LogP contribution in [0.1, 0.15) is 24.5 Å². The molecule has 1 aromatic rings. The summed E-state index contributed by atoms with van der Waals surface area (Å²) in [6, 6.07) is 7.97. The molecule has 0 aliphatic rings. The second-order valence-corrected chi connectivity index (χ2v) is 4.00. The molecule has 0 spiro atoms. The van der Waals surface area contributed by atoms with E-state index in [2.05, 4.69) is 0 Å². The average molecular weight is 227 g/mol. The highest BCUT2D eigenvalue weighted by Crippen LogP contribution is 2.12. The summed E-state index contributed by atoms with van der Waals surface area (Å²) in [4.78, 5) is 10.6. The Hall–Kier alpha value is -1.02. The molecule has 1 N–H and O–H groups in total. The number of alkyl halides is 1. The zero-order valence-corrected chi connectivity index (χ0v) is 9.50. The number of carbonyl (C=O) groups is 1. The minimum Gasteiger partial charge on any atom is -0.481 e. The molecule has 0 aliphatic carbocycles. The highest BCUT2D eigenvalue weighted by molar-refractivity contribution is 6.17. The lowest BCUT2D eigenvalue weighted by atomic mass is 10.0. The number of aliphatic carboxylic acids is 1. The first-order valence-electron chi connectivity index (χ1n) is 5.00. The van der Waals surface area contributed by atoms with Crippen LogP contribution in [-0.2, 0) is 17.1 Å². The first kappa shape index (κ1) is 12.1. The van der Waals surface area contributed by atoms with Crippen molar-refractivity contribution < 1.29 is 9.90 Å². The molecule has 0 radical (unpaired) electrons. The van der Waals surface area contributed by atoms with Gasteiger partial charge in [-0.3, -0.25) is 4.79 Å². The number of rotatable bonds is 5. The summed E-state index contributed by atoms with van der Waals surface area (Å²) in [5.41, 5.74) is 2.25. The van der Waals surface area contributed by atoms with E-state index < -0.39 is 5.97 Å². The molecule has 0 saturated carbocycles. The molecule has 0 heterocycles. The molecule has 0 bridgehead atoms. The van der Waals surface area contributed by atoms with Crippen molar-refractivity contribution in [2.45, 2.75) is 25.6 Å². The van der Waals surface area contributed by atoms with Crippen LogP contribution >= 0.6 is 11.6 Å². The van der Waals surface area contributed by atoms with Gasteiger partial charge in [0.25, 0.3) is 0 Å². The zero-order chi connectivity index (χ0) is 11.3. The van der Waals surface area contributed by atoms with E-state index in [1.54, 1.807) is 6.92 Å². The summed E-state index contributed by atoms with van der Waals surface area (Å²) in [7, 11) is 0. The number of benzene rings is 1. The fraction of sp³-hybridized carbons (Fsp3) is 0.417. The second kappa shape index (κ2) is 5.76. The van der Waals surface area contributed by atoms with Crippen LogP contribution in [0.2, 0.25) is 0 Å². The Kier molecular flexibility index (Phi) is 4.63. The molecule has 0 fully saturated rings. The first-order valence-corrected chi connectivity index (χ1v) is 5.53. The van der Waals surface area contributed by atoms with E-state index in [1.165, 1.54) is 0 Å². The van der Waals surface area contributed by atoms with E-state index in [1.807, 2.05) is 24.3 Å². The lowest BCUT2D eigenvalue weighted by molar-refractivity contribution is -0.141. The normalized spacial score (nSPS) is 12.4. The number of carboxylic acid groups (broad SMARTS) is 1. The van der Waals surface area contributed by atoms with Crippen LogP contribution in [0.15, 0.2) is 24.3 Å². The number of aryl methyl sites for hydroxylation is 1. The summed E-state index contributed by atoms with van der Waals surface area (Å²) in [5.74, 6) is -0.490. The van der Waals surface area contributed by atoms with Gasteiger partial charge in [0.05, 0.1) is 5.92 Å². The third kappa shape index (κ3) is 3.92. The fourth-order valence-corrected chi connectivity index (χ4v) is 1.48. The molecule has 0 amide bonds. The molecule has 1 atom stereocenters. The third-order valence-electron chi connectivity index (χ3n) is 2.46. The van der Waals surface area contributed by atoms with Crippen molar-refractivity contribution in [3.8, 4) is 0 Å². The van der Waals surface area contributed by atoms with Gasteiger partial charge in [0, 0.05) is 5.88 Å². The molecule has 1 unspecified atom stereocenters. The molecule has 0 aromatic heterocycles. The van der Waals surface area contributed by atoms with Gasteiger partial charge in [-0.25, -0.2) is 0 Å². The van der Waals surface area contributed by atoms with Gasteiger partial charge in [-0.15, -0.1) is 11.6 Å². The van der Waals surface area contributed by atoms with Gasteiger partial charge in [0.15, 0.2) is 0 Å². The van der Waals surface area contributed by atoms with Crippen LogP contribution in [0.3, 0.4) is 0 Å². The van der Waals surface area contributed by atoms with Gasteiger partial charge in [-0.05, 0) is 24.0 Å². The second-order valence-electron chi connectivity index (χ2n) is 3.73. The SMILES string of the molecule is CC(CCc1ccc(CCl)cc1)C(=O)O. The predicted octanol–water partition coefficient (Wildman–Crippen LogP) is 3.08.